The second-order valence-electron chi connectivity index (χ2n) is 25.2. The van der Waals surface area contributed by atoms with Crippen LogP contribution < -0.4 is 0 Å². The van der Waals surface area contributed by atoms with Crippen molar-refractivity contribution in [2.24, 2.45) is 0 Å². The molecule has 0 aliphatic carbocycles. The molecule has 0 radical (unpaired) electrons. The van der Waals surface area contributed by atoms with E-state index in [1.807, 2.05) is 0 Å². The van der Waals surface area contributed by atoms with Gasteiger partial charge < -0.3 is 14.2 Å². The highest BCUT2D eigenvalue weighted by molar-refractivity contribution is 5.71. The van der Waals surface area contributed by atoms with Gasteiger partial charge in [0.1, 0.15) is 13.2 Å². The fourth-order valence-corrected chi connectivity index (χ4v) is 11.6. The maximum atomic E-state index is 12.9. The monoisotopic (exact) mass is 1120 g/mol. The normalized spacial score (nSPS) is 11.9. The van der Waals surface area contributed by atoms with Gasteiger partial charge in [0.15, 0.2) is 6.10 Å². The molecule has 0 aromatic carbocycles. The fourth-order valence-electron chi connectivity index (χ4n) is 11.6. The first-order chi connectivity index (χ1) is 39.0. The van der Waals surface area contributed by atoms with Crippen molar-refractivity contribution in [3.8, 4) is 0 Å². The molecule has 6 heteroatoms. The van der Waals surface area contributed by atoms with Crippen LogP contribution in [0.3, 0.4) is 0 Å². The van der Waals surface area contributed by atoms with Gasteiger partial charge in [0, 0.05) is 19.3 Å². The van der Waals surface area contributed by atoms with Gasteiger partial charge in [0.05, 0.1) is 0 Å². The second-order valence-corrected chi connectivity index (χ2v) is 25.2. The van der Waals surface area contributed by atoms with E-state index >= 15 is 0 Å². The van der Waals surface area contributed by atoms with Crippen molar-refractivity contribution in [1.82, 2.24) is 0 Å². The highest BCUT2D eigenvalue weighted by atomic mass is 16.6. The average molecular weight is 1120 g/mol. The molecule has 470 valence electrons. The Kier molecular flexibility index (Phi) is 67.5. The van der Waals surface area contributed by atoms with Crippen LogP contribution in [-0.2, 0) is 28.6 Å². The van der Waals surface area contributed by atoms with Crippen LogP contribution in [0.5, 0.6) is 0 Å². The van der Waals surface area contributed by atoms with Crippen LogP contribution in [0.2, 0.25) is 0 Å². The molecule has 1 atom stereocenters. The van der Waals surface area contributed by atoms with E-state index in [1.165, 1.54) is 334 Å². The maximum absolute atomic E-state index is 12.9. The van der Waals surface area contributed by atoms with Gasteiger partial charge in [0.25, 0.3) is 0 Å². The predicted octanol–water partition coefficient (Wildman–Crippen LogP) is 25.0. The summed E-state index contributed by atoms with van der Waals surface area (Å²) in [5.74, 6) is -0.826. The van der Waals surface area contributed by atoms with Crippen molar-refractivity contribution in [2.45, 2.75) is 438 Å². The van der Waals surface area contributed by atoms with E-state index in [2.05, 4.69) is 20.8 Å². The predicted molar refractivity (Wildman–Crippen MR) is 344 cm³/mol. The molecule has 0 spiro atoms. The summed E-state index contributed by atoms with van der Waals surface area (Å²) < 4.78 is 17.0. The summed E-state index contributed by atoms with van der Waals surface area (Å²) in [6.45, 7) is 6.72. The number of hydrogen-bond acceptors (Lipinski definition) is 6. The van der Waals surface area contributed by atoms with E-state index < -0.39 is 6.10 Å². The zero-order valence-electron chi connectivity index (χ0n) is 54.2. The minimum atomic E-state index is -0.762. The van der Waals surface area contributed by atoms with Crippen molar-refractivity contribution in [3.63, 3.8) is 0 Å². The lowest BCUT2D eigenvalue weighted by Gasteiger charge is -2.18. The van der Waals surface area contributed by atoms with Gasteiger partial charge in [-0.2, -0.15) is 0 Å². The molecule has 0 saturated carbocycles. The molecular formula is C73H142O6. The molecule has 1 unspecified atom stereocenters. The summed E-state index contributed by atoms with van der Waals surface area (Å²) in [4.78, 5) is 38.3. The zero-order valence-corrected chi connectivity index (χ0v) is 54.2. The number of unbranched alkanes of at least 4 members (excludes halogenated alkanes) is 58. The molecule has 0 bridgehead atoms. The Labute approximate surface area is 495 Å². The summed E-state index contributed by atoms with van der Waals surface area (Å²) in [5, 5.41) is 0. The van der Waals surface area contributed by atoms with E-state index in [0.717, 1.165) is 57.8 Å². The molecule has 0 aliphatic rings. The lowest BCUT2D eigenvalue weighted by Crippen LogP contribution is -2.30. The molecule has 0 aliphatic heterocycles. The zero-order chi connectivity index (χ0) is 57.1. The number of esters is 3. The molecule has 0 aromatic heterocycles. The lowest BCUT2D eigenvalue weighted by molar-refractivity contribution is -0.167. The van der Waals surface area contributed by atoms with Crippen LogP contribution in [0.25, 0.3) is 0 Å². The van der Waals surface area contributed by atoms with Gasteiger partial charge in [-0.25, -0.2) is 0 Å². The molecular weight excluding hydrogens is 973 g/mol. The van der Waals surface area contributed by atoms with Gasteiger partial charge in [-0.15, -0.1) is 0 Å². The molecule has 0 aromatic rings. The standard InChI is InChI=1S/C73H142O6/c1-4-7-10-13-16-19-21-23-25-27-29-31-33-34-35-36-37-38-39-40-42-43-45-47-49-51-54-57-60-63-66-72(75)78-69-70(68-77-71(74)65-62-59-56-53-18-15-12-9-6-3)79-73(76)67-64-61-58-55-52-50-48-46-44-41-32-30-28-26-24-22-20-17-14-11-8-5-2/h70H,4-69H2,1-3H3. The van der Waals surface area contributed by atoms with Crippen LogP contribution in [0.1, 0.15) is 432 Å². The topological polar surface area (TPSA) is 78.9 Å². The fraction of sp³-hybridized carbons (Fsp3) is 0.959. The van der Waals surface area contributed by atoms with E-state index in [4.69, 9.17) is 14.2 Å². The van der Waals surface area contributed by atoms with Crippen LogP contribution in [0.15, 0.2) is 0 Å². The SMILES string of the molecule is CCCCCCCCCCCCCCCCCCCCCCCCCCCCCCCCC(=O)OCC(COC(=O)CCCCCCCCCCC)OC(=O)CCCCCCCCCCCCCCCCCCCCCCCC. The Morgan fingerprint density at radius 2 is 0.342 bits per heavy atom. The summed E-state index contributed by atoms with van der Waals surface area (Å²) in [5.41, 5.74) is 0. The summed E-state index contributed by atoms with van der Waals surface area (Å²) in [7, 11) is 0. The third-order valence-corrected chi connectivity index (χ3v) is 17.1. The molecule has 0 fully saturated rings. The molecule has 6 nitrogen and oxygen atoms in total. The van der Waals surface area contributed by atoms with Crippen LogP contribution in [0, 0.1) is 0 Å². The molecule has 0 rings (SSSR count). The van der Waals surface area contributed by atoms with Crippen molar-refractivity contribution < 1.29 is 28.6 Å². The van der Waals surface area contributed by atoms with Gasteiger partial charge >= 0.3 is 17.9 Å². The lowest BCUT2D eigenvalue weighted by atomic mass is 10.0. The van der Waals surface area contributed by atoms with Crippen molar-refractivity contribution >= 4 is 17.9 Å². The van der Waals surface area contributed by atoms with E-state index in [9.17, 15) is 14.4 Å². The van der Waals surface area contributed by atoms with Gasteiger partial charge in [-0.3, -0.25) is 14.4 Å². The highest BCUT2D eigenvalue weighted by Gasteiger charge is 2.20. The Balaban J connectivity index is 4.03. The van der Waals surface area contributed by atoms with Gasteiger partial charge in [-0.1, -0.05) is 393 Å². The van der Waals surface area contributed by atoms with Crippen LogP contribution in [-0.4, -0.2) is 37.2 Å². The Hall–Kier alpha value is -1.59. The molecule has 0 N–H and O–H groups in total. The minimum absolute atomic E-state index is 0.0607. The van der Waals surface area contributed by atoms with Crippen molar-refractivity contribution in [3.05, 3.63) is 0 Å². The Bertz CT molecular complexity index is 1190. The van der Waals surface area contributed by atoms with Crippen LogP contribution >= 0.6 is 0 Å². The molecule has 0 heterocycles. The van der Waals surface area contributed by atoms with Gasteiger partial charge in [0.2, 0.25) is 0 Å². The first-order valence-electron chi connectivity index (χ1n) is 36.5. The van der Waals surface area contributed by atoms with E-state index in [0.29, 0.717) is 19.3 Å². The first-order valence-corrected chi connectivity index (χ1v) is 36.5. The van der Waals surface area contributed by atoms with Crippen molar-refractivity contribution in [1.29, 1.82) is 0 Å². The number of carbonyl (C=O) groups excluding carboxylic acids is 3. The second kappa shape index (κ2) is 68.9. The third-order valence-electron chi connectivity index (χ3n) is 17.1. The summed E-state index contributed by atoms with van der Waals surface area (Å²) in [6.07, 6.45) is 81.7. The van der Waals surface area contributed by atoms with Crippen LogP contribution in [0.4, 0.5) is 0 Å². The quantitative estimate of drug-likeness (QED) is 0.0343. The molecule has 0 saturated heterocycles. The Morgan fingerprint density at radius 3 is 0.506 bits per heavy atom. The smallest absolute Gasteiger partial charge is 0.306 e. The third kappa shape index (κ3) is 67.1. The largest absolute Gasteiger partial charge is 0.462 e. The van der Waals surface area contributed by atoms with Crippen molar-refractivity contribution in [2.75, 3.05) is 13.2 Å². The number of ether oxygens (including phenoxy) is 3. The van der Waals surface area contributed by atoms with E-state index in [1.54, 1.807) is 0 Å². The average Bonchev–Trinajstić information content (AvgIpc) is 3.45. The molecule has 79 heavy (non-hydrogen) atoms. The number of hydrogen-bond donors (Lipinski definition) is 0. The first kappa shape index (κ1) is 77.4. The number of rotatable bonds is 69. The Morgan fingerprint density at radius 1 is 0.203 bits per heavy atom. The van der Waals surface area contributed by atoms with Gasteiger partial charge in [-0.05, 0) is 19.3 Å². The van der Waals surface area contributed by atoms with E-state index in [-0.39, 0.29) is 31.1 Å². The highest BCUT2D eigenvalue weighted by Crippen LogP contribution is 2.20. The molecule has 0 amide bonds. The summed E-state index contributed by atoms with van der Waals surface area (Å²) in [6, 6.07) is 0. The number of carbonyl (C=O) groups is 3. The minimum Gasteiger partial charge on any atom is -0.462 e. The maximum Gasteiger partial charge on any atom is 0.306 e. The summed E-state index contributed by atoms with van der Waals surface area (Å²) >= 11 is 0.